The minimum atomic E-state index is -3.42. The van der Waals surface area contributed by atoms with E-state index < -0.39 is 21.4 Å². The summed E-state index contributed by atoms with van der Waals surface area (Å²) in [6.45, 7) is 0. The third-order valence-corrected chi connectivity index (χ3v) is 3.41. The third-order valence-electron chi connectivity index (χ3n) is 1.79. The first-order chi connectivity index (χ1) is 6.86. The van der Waals surface area contributed by atoms with E-state index in [0.717, 1.165) is 24.5 Å². The zero-order chi connectivity index (χ0) is 11.6. The fraction of sp³-hybridized carbons (Fsp3) is 0.222. The normalized spacial score (nSPS) is 11.4. The summed E-state index contributed by atoms with van der Waals surface area (Å²) in [7, 11) is -3.42. The predicted octanol–water partition coefficient (Wildman–Crippen LogP) is 1.81. The molecule has 0 aliphatic carbocycles. The number of rotatable bonds is 3. The van der Waals surface area contributed by atoms with E-state index in [4.69, 9.17) is 0 Å². The van der Waals surface area contributed by atoms with Gasteiger partial charge in [0.2, 0.25) is 0 Å². The molecule has 0 atom stereocenters. The maximum atomic E-state index is 13.2. The van der Waals surface area contributed by atoms with Crippen LogP contribution in [0.4, 0.5) is 4.39 Å². The van der Waals surface area contributed by atoms with Crippen molar-refractivity contribution in [1.29, 1.82) is 0 Å². The van der Waals surface area contributed by atoms with E-state index in [9.17, 15) is 17.6 Å². The average Bonchev–Trinajstić information content (AvgIpc) is 2.15. The van der Waals surface area contributed by atoms with Crippen molar-refractivity contribution in [2.45, 2.75) is 4.90 Å². The molecule has 0 radical (unpaired) electrons. The van der Waals surface area contributed by atoms with Crippen molar-refractivity contribution >= 4 is 31.6 Å². The molecule has 6 heteroatoms. The molecule has 0 fully saturated rings. The van der Waals surface area contributed by atoms with Gasteiger partial charge in [-0.25, -0.2) is 12.8 Å². The van der Waals surface area contributed by atoms with E-state index in [1.807, 2.05) is 0 Å². The van der Waals surface area contributed by atoms with Gasteiger partial charge < -0.3 is 0 Å². The molecule has 1 rings (SSSR count). The lowest BCUT2D eigenvalue weighted by molar-refractivity contribution is 0.102. The average molecular weight is 295 g/mol. The monoisotopic (exact) mass is 294 g/mol. The van der Waals surface area contributed by atoms with Crippen molar-refractivity contribution in [2.75, 3.05) is 11.6 Å². The summed E-state index contributed by atoms with van der Waals surface area (Å²) in [4.78, 5) is 11.2. The summed E-state index contributed by atoms with van der Waals surface area (Å²) in [5, 5.41) is -0.0445. The zero-order valence-corrected chi connectivity index (χ0v) is 10.2. The molecule has 0 spiro atoms. The molecule has 0 amide bonds. The molecule has 15 heavy (non-hydrogen) atoms. The third kappa shape index (κ3) is 2.85. The van der Waals surface area contributed by atoms with Crippen LogP contribution >= 0.6 is 15.9 Å². The summed E-state index contributed by atoms with van der Waals surface area (Å²) in [6, 6.07) is 3.16. The van der Waals surface area contributed by atoms with Crippen molar-refractivity contribution in [1.82, 2.24) is 0 Å². The molecule has 0 aliphatic heterocycles. The number of hydrogen-bond donors (Lipinski definition) is 0. The van der Waals surface area contributed by atoms with E-state index in [1.165, 1.54) is 0 Å². The fourth-order valence-corrected chi connectivity index (χ4v) is 1.97. The Morgan fingerprint density at radius 3 is 2.53 bits per heavy atom. The molecule has 0 aliphatic rings. The zero-order valence-electron chi connectivity index (χ0n) is 7.83. The molecule has 0 N–H and O–H groups in total. The highest BCUT2D eigenvalue weighted by Gasteiger charge is 2.15. The minimum absolute atomic E-state index is 0.0445. The highest BCUT2D eigenvalue weighted by atomic mass is 79.9. The van der Waals surface area contributed by atoms with Gasteiger partial charge in [-0.05, 0) is 18.2 Å². The number of Topliss-reactive ketones (excluding diaryl/α,β-unsaturated/α-hetero) is 1. The number of alkyl halides is 1. The Morgan fingerprint density at radius 2 is 2.07 bits per heavy atom. The molecular weight excluding hydrogens is 287 g/mol. The van der Waals surface area contributed by atoms with Crippen LogP contribution in [-0.4, -0.2) is 25.8 Å². The molecular formula is C9H8BrFO3S. The molecule has 0 heterocycles. The van der Waals surface area contributed by atoms with E-state index in [1.54, 1.807) is 0 Å². The van der Waals surface area contributed by atoms with Crippen LogP contribution < -0.4 is 0 Å². The number of carbonyl (C=O) groups is 1. The standard InChI is InChI=1S/C9H8BrFO3S/c1-15(13,14)6-2-3-8(11)7(4-6)9(12)5-10/h2-4H,5H2,1H3. The Kier molecular flexibility index (Phi) is 3.62. The van der Waals surface area contributed by atoms with Crippen LogP contribution in [0.2, 0.25) is 0 Å². The van der Waals surface area contributed by atoms with Crippen LogP contribution in [0, 0.1) is 5.82 Å². The Morgan fingerprint density at radius 1 is 1.47 bits per heavy atom. The number of benzene rings is 1. The molecule has 0 aromatic heterocycles. The van der Waals surface area contributed by atoms with Gasteiger partial charge in [0.15, 0.2) is 15.6 Å². The first-order valence-electron chi connectivity index (χ1n) is 3.95. The first kappa shape index (κ1) is 12.3. The maximum Gasteiger partial charge on any atom is 0.176 e. The number of carbonyl (C=O) groups excluding carboxylic acids is 1. The second-order valence-corrected chi connectivity index (χ2v) is 5.55. The lowest BCUT2D eigenvalue weighted by atomic mass is 10.1. The molecule has 1 aromatic carbocycles. The van der Waals surface area contributed by atoms with Gasteiger partial charge in [0.05, 0.1) is 15.8 Å². The number of halogens is 2. The Bertz CT molecular complexity index is 496. The van der Waals surface area contributed by atoms with Crippen molar-refractivity contribution in [3.8, 4) is 0 Å². The molecule has 0 unspecified atom stereocenters. The summed E-state index contributed by atoms with van der Waals surface area (Å²) in [6.07, 6.45) is 1.00. The van der Waals surface area contributed by atoms with Gasteiger partial charge in [0, 0.05) is 6.26 Å². The fourth-order valence-electron chi connectivity index (χ4n) is 1.02. The molecule has 0 bridgehead atoms. The van der Waals surface area contributed by atoms with E-state index in [2.05, 4.69) is 15.9 Å². The summed E-state index contributed by atoms with van der Waals surface area (Å²) in [5.41, 5.74) is -0.213. The largest absolute Gasteiger partial charge is 0.293 e. The Labute approximate surface area is 95.3 Å². The summed E-state index contributed by atoms with van der Waals surface area (Å²) in [5.74, 6) is -1.20. The van der Waals surface area contributed by atoms with Crippen LogP contribution in [0.1, 0.15) is 10.4 Å². The van der Waals surface area contributed by atoms with Crippen molar-refractivity contribution < 1.29 is 17.6 Å². The topological polar surface area (TPSA) is 51.2 Å². The van der Waals surface area contributed by atoms with Crippen LogP contribution in [0.3, 0.4) is 0 Å². The van der Waals surface area contributed by atoms with E-state index in [0.29, 0.717) is 0 Å². The Hall–Kier alpha value is -0.750. The molecule has 3 nitrogen and oxygen atoms in total. The smallest absolute Gasteiger partial charge is 0.176 e. The summed E-state index contributed by atoms with van der Waals surface area (Å²) < 4.78 is 35.5. The van der Waals surface area contributed by atoms with Gasteiger partial charge >= 0.3 is 0 Å². The summed E-state index contributed by atoms with van der Waals surface area (Å²) >= 11 is 2.90. The van der Waals surface area contributed by atoms with Gasteiger partial charge in [-0.15, -0.1) is 0 Å². The minimum Gasteiger partial charge on any atom is -0.293 e. The van der Waals surface area contributed by atoms with Crippen molar-refractivity contribution in [2.24, 2.45) is 0 Å². The lowest BCUT2D eigenvalue weighted by Crippen LogP contribution is -2.06. The number of sulfone groups is 1. The van der Waals surface area contributed by atoms with Crippen LogP contribution in [0.5, 0.6) is 0 Å². The van der Waals surface area contributed by atoms with Gasteiger partial charge in [-0.3, -0.25) is 4.79 Å². The highest BCUT2D eigenvalue weighted by molar-refractivity contribution is 9.09. The van der Waals surface area contributed by atoms with E-state index in [-0.39, 0.29) is 15.8 Å². The Balaban J connectivity index is 3.36. The highest BCUT2D eigenvalue weighted by Crippen LogP contribution is 2.16. The number of hydrogen-bond acceptors (Lipinski definition) is 3. The van der Waals surface area contributed by atoms with Gasteiger partial charge in [0.25, 0.3) is 0 Å². The van der Waals surface area contributed by atoms with Crippen molar-refractivity contribution in [3.05, 3.63) is 29.6 Å². The van der Waals surface area contributed by atoms with E-state index >= 15 is 0 Å². The molecule has 0 saturated carbocycles. The maximum absolute atomic E-state index is 13.2. The molecule has 82 valence electrons. The van der Waals surface area contributed by atoms with Gasteiger partial charge in [0.1, 0.15) is 5.82 Å². The van der Waals surface area contributed by atoms with Crippen LogP contribution in [-0.2, 0) is 9.84 Å². The lowest BCUT2D eigenvalue weighted by Gasteiger charge is -2.03. The number of ketones is 1. The van der Waals surface area contributed by atoms with Crippen LogP contribution in [0.15, 0.2) is 23.1 Å². The van der Waals surface area contributed by atoms with Crippen LogP contribution in [0.25, 0.3) is 0 Å². The molecule has 1 aromatic rings. The molecule has 0 saturated heterocycles. The van der Waals surface area contributed by atoms with Gasteiger partial charge in [-0.2, -0.15) is 0 Å². The first-order valence-corrected chi connectivity index (χ1v) is 6.96. The predicted molar refractivity (Wildman–Crippen MR) is 57.6 cm³/mol. The van der Waals surface area contributed by atoms with Gasteiger partial charge in [-0.1, -0.05) is 15.9 Å². The second-order valence-electron chi connectivity index (χ2n) is 2.97. The quantitative estimate of drug-likeness (QED) is 0.485. The second kappa shape index (κ2) is 4.40. The SMILES string of the molecule is CS(=O)(=O)c1ccc(F)c(C(=O)CBr)c1. The van der Waals surface area contributed by atoms with Crippen molar-refractivity contribution in [3.63, 3.8) is 0 Å².